The molecule has 0 aliphatic rings. The largest absolute Gasteiger partial charge is 0.418 e. The van der Waals surface area contributed by atoms with Crippen molar-refractivity contribution in [3.05, 3.63) is 76.9 Å². The van der Waals surface area contributed by atoms with E-state index in [1.807, 2.05) is 0 Å². The summed E-state index contributed by atoms with van der Waals surface area (Å²) in [5.41, 5.74) is -0.903. The lowest BCUT2D eigenvalue weighted by Crippen LogP contribution is -2.16. The smallest absolute Gasteiger partial charge is 0.393 e. The molecule has 0 saturated carbocycles. The van der Waals surface area contributed by atoms with E-state index in [1.165, 1.54) is 48.7 Å². The number of nitrogens with zero attached hydrogens (tertiary/aromatic N) is 1. The molecule has 1 unspecified atom stereocenters. The Morgan fingerprint density at radius 1 is 1.12 bits per heavy atom. The van der Waals surface area contributed by atoms with E-state index in [1.54, 1.807) is 0 Å². The summed E-state index contributed by atoms with van der Waals surface area (Å²) in [6.45, 7) is 2.89. The molecule has 1 aromatic heterocycles. The summed E-state index contributed by atoms with van der Waals surface area (Å²) in [4.78, 5) is 13.0. The zero-order valence-corrected chi connectivity index (χ0v) is 19.3. The predicted molar refractivity (Wildman–Crippen MR) is 118 cm³/mol. The van der Waals surface area contributed by atoms with Crippen LogP contribution in [0.3, 0.4) is 0 Å². The molecule has 3 rings (SSSR count). The molecule has 0 aliphatic carbocycles. The Morgan fingerprint density at radius 2 is 1.74 bits per heavy atom. The molecule has 11 heteroatoms. The number of hydrogen-bond donors (Lipinski definition) is 2. The van der Waals surface area contributed by atoms with Gasteiger partial charge in [0.2, 0.25) is 0 Å². The average molecular weight is 498 g/mol. The molecule has 1 amide bonds. The first-order chi connectivity index (χ1) is 15.7. The second kappa shape index (κ2) is 9.22. The number of halogens is 4. The van der Waals surface area contributed by atoms with Crippen LogP contribution < -0.4 is 5.32 Å². The number of nitrogens with one attached hydrogen (secondary N) is 1. The number of hydrogen-bond acceptors (Lipinski definition) is 4. The summed E-state index contributed by atoms with van der Waals surface area (Å²) in [5, 5.41) is 12.5. The molecule has 1 heterocycles. The Hall–Kier alpha value is -3.18. The number of alkyl halides is 3. The van der Waals surface area contributed by atoms with Gasteiger partial charge in [0.25, 0.3) is 5.91 Å². The average Bonchev–Trinajstić information content (AvgIpc) is 3.02. The molecule has 1 atom stereocenters. The normalized spacial score (nSPS) is 13.1. The van der Waals surface area contributed by atoms with E-state index in [0.717, 1.165) is 18.4 Å². The monoisotopic (exact) mass is 498 g/mol. The molecule has 2 N–H and O–H groups in total. The maximum atomic E-state index is 13.7. The van der Waals surface area contributed by atoms with E-state index in [-0.39, 0.29) is 39.6 Å². The van der Waals surface area contributed by atoms with Gasteiger partial charge in [-0.15, -0.1) is 0 Å². The SMILES string of the molecule is Cc1c(C(=O)Nc2ccc(S(C)(=O)=O)cc2)cc(CC(C)O)n1-c1ccc(F)cc1C(F)(F)F. The molecule has 0 fully saturated rings. The molecule has 0 radical (unpaired) electrons. The number of rotatable bonds is 6. The fourth-order valence-corrected chi connectivity index (χ4v) is 4.23. The number of carbonyl (C=O) groups is 1. The first-order valence-electron chi connectivity index (χ1n) is 10.1. The van der Waals surface area contributed by atoms with Gasteiger partial charge in [-0.05, 0) is 62.4 Å². The lowest BCUT2D eigenvalue weighted by Gasteiger charge is -2.18. The minimum atomic E-state index is -4.86. The third-order valence-electron chi connectivity index (χ3n) is 5.12. The number of benzene rings is 2. The lowest BCUT2D eigenvalue weighted by molar-refractivity contribution is -0.137. The van der Waals surface area contributed by atoms with Crippen molar-refractivity contribution in [2.24, 2.45) is 0 Å². The molecule has 182 valence electrons. The van der Waals surface area contributed by atoms with E-state index in [2.05, 4.69) is 5.32 Å². The van der Waals surface area contributed by atoms with Crippen LogP contribution in [-0.2, 0) is 22.4 Å². The summed E-state index contributed by atoms with van der Waals surface area (Å²) in [6, 6.07) is 9.02. The third-order valence-corrected chi connectivity index (χ3v) is 6.25. The van der Waals surface area contributed by atoms with Crippen molar-refractivity contribution in [1.82, 2.24) is 4.57 Å². The van der Waals surface area contributed by atoms with Crippen LogP contribution in [0.4, 0.5) is 23.2 Å². The number of aliphatic hydroxyl groups excluding tert-OH is 1. The zero-order chi connectivity index (χ0) is 25.4. The molecule has 0 bridgehead atoms. The van der Waals surface area contributed by atoms with E-state index in [0.29, 0.717) is 6.07 Å². The van der Waals surface area contributed by atoms with Crippen molar-refractivity contribution in [3.8, 4) is 5.69 Å². The molecule has 2 aromatic carbocycles. The molecule has 3 aromatic rings. The van der Waals surface area contributed by atoms with Gasteiger partial charge in [-0.25, -0.2) is 12.8 Å². The van der Waals surface area contributed by atoms with Crippen molar-refractivity contribution < 1.29 is 35.9 Å². The van der Waals surface area contributed by atoms with Gasteiger partial charge in [0.15, 0.2) is 9.84 Å². The lowest BCUT2D eigenvalue weighted by atomic mass is 10.1. The maximum Gasteiger partial charge on any atom is 0.418 e. The number of carbonyl (C=O) groups excluding carboxylic acids is 1. The van der Waals surface area contributed by atoms with Gasteiger partial charge < -0.3 is 15.0 Å². The van der Waals surface area contributed by atoms with E-state index in [9.17, 15) is 35.9 Å². The van der Waals surface area contributed by atoms with Gasteiger partial charge in [0, 0.05) is 29.8 Å². The second-order valence-electron chi connectivity index (χ2n) is 7.93. The van der Waals surface area contributed by atoms with Crippen LogP contribution in [0, 0.1) is 12.7 Å². The van der Waals surface area contributed by atoms with Crippen molar-refractivity contribution >= 4 is 21.4 Å². The van der Waals surface area contributed by atoms with Crippen LogP contribution in [0.1, 0.15) is 34.2 Å². The minimum absolute atomic E-state index is 0.0419. The Labute approximate surface area is 193 Å². The molecule has 34 heavy (non-hydrogen) atoms. The number of aliphatic hydroxyl groups is 1. The van der Waals surface area contributed by atoms with Crippen LogP contribution in [0.5, 0.6) is 0 Å². The summed E-state index contributed by atoms with van der Waals surface area (Å²) in [6.07, 6.45) is -4.81. The van der Waals surface area contributed by atoms with Crippen LogP contribution in [-0.4, -0.2) is 36.4 Å². The summed E-state index contributed by atoms with van der Waals surface area (Å²) >= 11 is 0. The summed E-state index contributed by atoms with van der Waals surface area (Å²) in [7, 11) is -3.43. The minimum Gasteiger partial charge on any atom is -0.393 e. The Morgan fingerprint density at radius 3 is 2.26 bits per heavy atom. The highest BCUT2D eigenvalue weighted by Crippen LogP contribution is 2.36. The quantitative estimate of drug-likeness (QED) is 0.489. The Balaban J connectivity index is 2.07. The summed E-state index contributed by atoms with van der Waals surface area (Å²) < 4.78 is 79.0. The topological polar surface area (TPSA) is 88.4 Å². The van der Waals surface area contributed by atoms with Gasteiger partial charge >= 0.3 is 6.18 Å². The maximum absolute atomic E-state index is 13.7. The molecule has 6 nitrogen and oxygen atoms in total. The van der Waals surface area contributed by atoms with Gasteiger partial charge in [0.05, 0.1) is 27.8 Å². The van der Waals surface area contributed by atoms with Crippen molar-refractivity contribution in [2.75, 3.05) is 11.6 Å². The predicted octanol–water partition coefficient (Wildman–Crippen LogP) is 4.52. The number of aromatic nitrogens is 1. The van der Waals surface area contributed by atoms with Crippen molar-refractivity contribution in [2.45, 2.75) is 37.4 Å². The van der Waals surface area contributed by atoms with Gasteiger partial charge in [-0.2, -0.15) is 13.2 Å². The van der Waals surface area contributed by atoms with Crippen molar-refractivity contribution in [3.63, 3.8) is 0 Å². The molecule has 0 spiro atoms. The fraction of sp³-hybridized carbons (Fsp3) is 0.261. The fourth-order valence-electron chi connectivity index (χ4n) is 3.60. The molecular weight excluding hydrogens is 476 g/mol. The Bertz CT molecular complexity index is 1330. The van der Waals surface area contributed by atoms with Crippen molar-refractivity contribution in [1.29, 1.82) is 0 Å². The van der Waals surface area contributed by atoms with Crippen LogP contribution in [0.25, 0.3) is 5.69 Å². The first-order valence-corrected chi connectivity index (χ1v) is 12.0. The van der Waals surface area contributed by atoms with E-state index in [4.69, 9.17) is 0 Å². The summed E-state index contributed by atoms with van der Waals surface area (Å²) in [5.74, 6) is -1.71. The first kappa shape index (κ1) is 25.4. The standard InChI is InChI=1S/C23H22F4N2O4S/c1-13(30)10-17-12-19(22(31)28-16-5-7-18(8-6-16)34(3,32)33)14(2)29(17)21-9-4-15(24)11-20(21)23(25,26)27/h4-9,11-13,30H,10H2,1-3H3,(H,28,31). The highest BCUT2D eigenvalue weighted by molar-refractivity contribution is 7.90. The van der Waals surface area contributed by atoms with Crippen LogP contribution in [0.2, 0.25) is 0 Å². The molecule has 0 saturated heterocycles. The number of amides is 1. The zero-order valence-electron chi connectivity index (χ0n) is 18.4. The highest BCUT2D eigenvalue weighted by Gasteiger charge is 2.35. The highest BCUT2D eigenvalue weighted by atomic mass is 32.2. The van der Waals surface area contributed by atoms with Gasteiger partial charge in [-0.3, -0.25) is 4.79 Å². The molecule has 0 aliphatic heterocycles. The van der Waals surface area contributed by atoms with Crippen LogP contribution in [0.15, 0.2) is 53.4 Å². The van der Waals surface area contributed by atoms with E-state index < -0.39 is 39.4 Å². The van der Waals surface area contributed by atoms with Gasteiger partial charge in [-0.1, -0.05) is 0 Å². The molecular formula is C23H22F4N2O4S. The number of anilines is 1. The number of sulfone groups is 1. The van der Waals surface area contributed by atoms with Crippen LogP contribution >= 0.6 is 0 Å². The second-order valence-corrected chi connectivity index (χ2v) is 9.95. The third kappa shape index (κ3) is 5.48. The van der Waals surface area contributed by atoms with Gasteiger partial charge in [0.1, 0.15) is 5.82 Å². The Kier molecular flexibility index (Phi) is 6.90. The van der Waals surface area contributed by atoms with E-state index >= 15 is 0 Å².